The molecule has 2 aromatic carbocycles. The summed E-state index contributed by atoms with van der Waals surface area (Å²) >= 11 is 6.24. The van der Waals surface area contributed by atoms with Crippen LogP contribution < -0.4 is 4.74 Å². The van der Waals surface area contributed by atoms with Crippen LogP contribution in [0.25, 0.3) is 0 Å². The normalized spacial score (nSPS) is 10.5. The highest BCUT2D eigenvalue weighted by molar-refractivity contribution is 9.10. The van der Waals surface area contributed by atoms with E-state index in [-0.39, 0.29) is 22.2 Å². The second kappa shape index (κ2) is 6.66. The number of methoxy groups -OCH3 is 1. The van der Waals surface area contributed by atoms with Gasteiger partial charge in [0, 0.05) is 22.0 Å². The summed E-state index contributed by atoms with van der Waals surface area (Å²) in [6.45, 7) is 0. The fourth-order valence-electron chi connectivity index (χ4n) is 1.89. The van der Waals surface area contributed by atoms with Crippen molar-refractivity contribution in [2.75, 3.05) is 7.11 Å². The van der Waals surface area contributed by atoms with E-state index >= 15 is 0 Å². The van der Waals surface area contributed by atoms with Gasteiger partial charge in [0.05, 0.1) is 11.6 Å². The summed E-state index contributed by atoms with van der Waals surface area (Å²) in [6.07, 6.45) is 0.0201. The number of rotatable bonds is 4. The third-order valence-corrected chi connectivity index (χ3v) is 4.20. The standard InChI is InChI=1S/C15H10Br2F2O2/c1-21-13-5-2-9(16)6-8(13)7-12(20)10-3-4-11(18)15(19)14(10)17/h2-6H,7H2,1H3. The van der Waals surface area contributed by atoms with Gasteiger partial charge in [-0.05, 0) is 46.3 Å². The van der Waals surface area contributed by atoms with Gasteiger partial charge in [-0.3, -0.25) is 4.79 Å². The highest BCUT2D eigenvalue weighted by Gasteiger charge is 2.18. The Morgan fingerprint density at radius 1 is 1.19 bits per heavy atom. The molecule has 2 rings (SSSR count). The molecular formula is C15H10Br2F2O2. The van der Waals surface area contributed by atoms with E-state index in [0.717, 1.165) is 10.5 Å². The minimum atomic E-state index is -1.07. The molecule has 6 heteroatoms. The van der Waals surface area contributed by atoms with E-state index < -0.39 is 11.6 Å². The number of carbonyl (C=O) groups excluding carboxylic acids is 1. The number of carbonyl (C=O) groups is 1. The molecule has 0 heterocycles. The van der Waals surface area contributed by atoms with Crippen molar-refractivity contribution in [2.45, 2.75) is 6.42 Å². The van der Waals surface area contributed by atoms with E-state index in [1.807, 2.05) is 0 Å². The summed E-state index contributed by atoms with van der Waals surface area (Å²) in [4.78, 5) is 12.3. The van der Waals surface area contributed by atoms with Crippen LogP contribution in [0.5, 0.6) is 5.75 Å². The fraction of sp³-hybridized carbons (Fsp3) is 0.133. The lowest BCUT2D eigenvalue weighted by molar-refractivity contribution is 0.0990. The van der Waals surface area contributed by atoms with E-state index in [4.69, 9.17) is 4.74 Å². The first-order chi connectivity index (χ1) is 9.93. The van der Waals surface area contributed by atoms with Gasteiger partial charge in [0.15, 0.2) is 17.4 Å². The van der Waals surface area contributed by atoms with Crippen molar-refractivity contribution in [2.24, 2.45) is 0 Å². The fourth-order valence-corrected chi connectivity index (χ4v) is 2.85. The first-order valence-electron chi connectivity index (χ1n) is 5.93. The highest BCUT2D eigenvalue weighted by atomic mass is 79.9. The zero-order valence-electron chi connectivity index (χ0n) is 10.9. The lowest BCUT2D eigenvalue weighted by Crippen LogP contribution is -2.07. The third-order valence-electron chi connectivity index (χ3n) is 2.93. The number of hydrogen-bond donors (Lipinski definition) is 0. The molecule has 21 heavy (non-hydrogen) atoms. The largest absolute Gasteiger partial charge is 0.496 e. The van der Waals surface area contributed by atoms with Gasteiger partial charge >= 0.3 is 0 Å². The molecule has 0 radical (unpaired) electrons. The van der Waals surface area contributed by atoms with Gasteiger partial charge in [0.1, 0.15) is 5.75 Å². The molecular weight excluding hydrogens is 410 g/mol. The van der Waals surface area contributed by atoms with Crippen molar-refractivity contribution >= 4 is 37.6 Å². The Bertz CT molecular complexity index is 702. The molecule has 110 valence electrons. The minimum Gasteiger partial charge on any atom is -0.496 e. The number of benzene rings is 2. The van der Waals surface area contributed by atoms with E-state index in [1.165, 1.54) is 13.2 Å². The SMILES string of the molecule is COc1ccc(Br)cc1CC(=O)c1ccc(F)c(F)c1Br. The van der Waals surface area contributed by atoms with Crippen LogP contribution >= 0.6 is 31.9 Å². The quantitative estimate of drug-likeness (QED) is 0.519. The number of hydrogen-bond acceptors (Lipinski definition) is 2. The number of ether oxygens (including phenoxy) is 1. The zero-order chi connectivity index (χ0) is 15.6. The Morgan fingerprint density at radius 3 is 2.57 bits per heavy atom. The van der Waals surface area contributed by atoms with Crippen LogP contribution in [0.2, 0.25) is 0 Å². The Morgan fingerprint density at radius 2 is 1.90 bits per heavy atom. The lowest BCUT2D eigenvalue weighted by atomic mass is 10.0. The molecule has 0 spiro atoms. The van der Waals surface area contributed by atoms with Crippen molar-refractivity contribution in [1.82, 2.24) is 0 Å². The van der Waals surface area contributed by atoms with E-state index in [0.29, 0.717) is 11.3 Å². The molecule has 2 aromatic rings. The number of halogens is 4. The van der Waals surface area contributed by atoms with Crippen LogP contribution in [0.4, 0.5) is 8.78 Å². The molecule has 0 amide bonds. The van der Waals surface area contributed by atoms with Crippen LogP contribution in [0, 0.1) is 11.6 Å². The molecule has 0 saturated carbocycles. The third kappa shape index (κ3) is 3.49. The Balaban J connectivity index is 2.35. The average Bonchev–Trinajstić information content (AvgIpc) is 2.45. The second-order valence-corrected chi connectivity index (χ2v) is 5.99. The molecule has 0 aliphatic rings. The summed E-state index contributed by atoms with van der Waals surface area (Å²) in [5.74, 6) is -1.84. The highest BCUT2D eigenvalue weighted by Crippen LogP contribution is 2.27. The maximum absolute atomic E-state index is 13.5. The van der Waals surface area contributed by atoms with Gasteiger partial charge < -0.3 is 4.74 Å². The second-order valence-electron chi connectivity index (χ2n) is 4.28. The Labute approximate surface area is 137 Å². The molecule has 0 aliphatic carbocycles. The Hall–Kier alpha value is -1.27. The summed E-state index contributed by atoms with van der Waals surface area (Å²) in [7, 11) is 1.50. The van der Waals surface area contributed by atoms with Crippen LogP contribution in [-0.4, -0.2) is 12.9 Å². The molecule has 2 nitrogen and oxygen atoms in total. The van der Waals surface area contributed by atoms with Gasteiger partial charge in [0.25, 0.3) is 0 Å². The molecule has 0 bridgehead atoms. The molecule has 0 atom stereocenters. The first kappa shape index (κ1) is 16.1. The Kier molecular flexibility index (Phi) is 5.11. The lowest BCUT2D eigenvalue weighted by Gasteiger charge is -2.10. The number of Topliss-reactive ketones (excluding diaryl/α,β-unsaturated/α-hetero) is 1. The van der Waals surface area contributed by atoms with Crippen molar-refractivity contribution in [3.05, 3.63) is 62.0 Å². The maximum atomic E-state index is 13.5. The van der Waals surface area contributed by atoms with Gasteiger partial charge in [0.2, 0.25) is 0 Å². The van der Waals surface area contributed by atoms with Crippen molar-refractivity contribution in [1.29, 1.82) is 0 Å². The summed E-state index contributed by atoms with van der Waals surface area (Å²) in [5.41, 5.74) is 0.754. The average molecular weight is 420 g/mol. The van der Waals surface area contributed by atoms with E-state index in [2.05, 4.69) is 31.9 Å². The predicted octanol–water partition coefficient (Wildman–Crippen LogP) is 4.92. The monoisotopic (exact) mass is 418 g/mol. The van der Waals surface area contributed by atoms with Crippen LogP contribution in [-0.2, 0) is 6.42 Å². The summed E-state index contributed by atoms with van der Waals surface area (Å²) in [5, 5.41) is 0. The smallest absolute Gasteiger partial charge is 0.173 e. The van der Waals surface area contributed by atoms with Gasteiger partial charge in [-0.25, -0.2) is 8.78 Å². The maximum Gasteiger partial charge on any atom is 0.173 e. The van der Waals surface area contributed by atoms with E-state index in [1.54, 1.807) is 18.2 Å². The molecule has 0 unspecified atom stereocenters. The molecule has 0 N–H and O–H groups in total. The molecule has 0 aliphatic heterocycles. The minimum absolute atomic E-state index is 0.0201. The van der Waals surface area contributed by atoms with Crippen molar-refractivity contribution < 1.29 is 18.3 Å². The van der Waals surface area contributed by atoms with E-state index in [9.17, 15) is 13.6 Å². The van der Waals surface area contributed by atoms with Gasteiger partial charge in [-0.15, -0.1) is 0 Å². The number of ketones is 1. The topological polar surface area (TPSA) is 26.3 Å². The predicted molar refractivity (Wildman–Crippen MR) is 82.8 cm³/mol. The molecule has 0 fully saturated rings. The van der Waals surface area contributed by atoms with Crippen LogP contribution in [0.1, 0.15) is 15.9 Å². The van der Waals surface area contributed by atoms with Crippen LogP contribution in [0.15, 0.2) is 39.3 Å². The zero-order valence-corrected chi connectivity index (χ0v) is 14.1. The van der Waals surface area contributed by atoms with Gasteiger partial charge in [-0.1, -0.05) is 15.9 Å². The molecule has 0 aromatic heterocycles. The van der Waals surface area contributed by atoms with Gasteiger partial charge in [-0.2, -0.15) is 0 Å². The molecule has 0 saturated heterocycles. The van der Waals surface area contributed by atoms with Crippen molar-refractivity contribution in [3.63, 3.8) is 0 Å². The summed E-state index contributed by atoms with van der Waals surface area (Å²) < 4.78 is 32.4. The van der Waals surface area contributed by atoms with Crippen molar-refractivity contribution in [3.8, 4) is 5.75 Å². The van der Waals surface area contributed by atoms with Crippen LogP contribution in [0.3, 0.4) is 0 Å². The summed E-state index contributed by atoms with van der Waals surface area (Å²) in [6, 6.07) is 7.47. The first-order valence-corrected chi connectivity index (χ1v) is 7.51.